The van der Waals surface area contributed by atoms with Crippen molar-refractivity contribution in [1.82, 2.24) is 0 Å². The van der Waals surface area contributed by atoms with Gasteiger partial charge in [-0.15, -0.1) is 11.8 Å². The Morgan fingerprint density at radius 1 is 1.37 bits per heavy atom. The Balaban J connectivity index is 1.70. The summed E-state index contributed by atoms with van der Waals surface area (Å²) in [4.78, 5) is 0.834. The van der Waals surface area contributed by atoms with Gasteiger partial charge >= 0.3 is 0 Å². The summed E-state index contributed by atoms with van der Waals surface area (Å²) in [5.74, 6) is -0.234. The lowest BCUT2D eigenvalue weighted by Gasteiger charge is -2.36. The zero-order valence-corrected chi connectivity index (χ0v) is 11.5. The van der Waals surface area contributed by atoms with Gasteiger partial charge in [-0.3, -0.25) is 0 Å². The number of anilines is 1. The molecule has 19 heavy (non-hydrogen) atoms. The van der Waals surface area contributed by atoms with Gasteiger partial charge in [0, 0.05) is 35.5 Å². The fourth-order valence-corrected chi connectivity index (χ4v) is 4.08. The first kappa shape index (κ1) is 13.2. The number of nitrogens with two attached hydrogens (primary N) is 1. The first-order chi connectivity index (χ1) is 9.17. The number of halogens is 1. The van der Waals surface area contributed by atoms with E-state index in [0.717, 1.165) is 37.4 Å². The van der Waals surface area contributed by atoms with Gasteiger partial charge in [0.1, 0.15) is 5.82 Å². The lowest BCUT2D eigenvalue weighted by atomic mass is 9.93. The van der Waals surface area contributed by atoms with Crippen molar-refractivity contribution in [2.24, 2.45) is 0 Å². The average molecular weight is 283 g/mol. The van der Waals surface area contributed by atoms with E-state index >= 15 is 0 Å². The summed E-state index contributed by atoms with van der Waals surface area (Å²) in [5.41, 5.74) is 6.44. The average Bonchev–Trinajstić information content (AvgIpc) is 2.82. The Kier molecular flexibility index (Phi) is 3.69. The molecule has 2 N–H and O–H groups in total. The molecule has 2 saturated heterocycles. The highest BCUT2D eigenvalue weighted by Gasteiger charge is 2.41. The van der Waals surface area contributed by atoms with Gasteiger partial charge in [-0.05, 0) is 31.0 Å². The minimum atomic E-state index is -0.234. The van der Waals surface area contributed by atoms with Gasteiger partial charge < -0.3 is 15.2 Å². The van der Waals surface area contributed by atoms with Crippen LogP contribution in [0.5, 0.6) is 0 Å². The van der Waals surface area contributed by atoms with Crippen LogP contribution >= 0.6 is 11.8 Å². The molecular weight excluding hydrogens is 265 g/mol. The molecule has 1 aromatic carbocycles. The quantitative estimate of drug-likeness (QED) is 0.848. The monoisotopic (exact) mass is 283 g/mol. The van der Waals surface area contributed by atoms with Crippen molar-refractivity contribution >= 4 is 17.4 Å². The Morgan fingerprint density at radius 3 is 3.05 bits per heavy atom. The van der Waals surface area contributed by atoms with Gasteiger partial charge in [-0.2, -0.15) is 0 Å². The van der Waals surface area contributed by atoms with Crippen molar-refractivity contribution in [2.75, 3.05) is 25.6 Å². The molecule has 2 atom stereocenters. The molecule has 2 aliphatic heterocycles. The number of ether oxygens (including phenoxy) is 2. The number of benzene rings is 1. The third-order valence-corrected chi connectivity index (χ3v) is 5.13. The molecule has 2 aliphatic rings. The van der Waals surface area contributed by atoms with Crippen molar-refractivity contribution in [3.05, 3.63) is 24.0 Å². The SMILES string of the molecule is Nc1ccc(F)cc1SC1CCOC2(CCOC2)C1. The van der Waals surface area contributed by atoms with Crippen molar-refractivity contribution in [2.45, 2.75) is 35.0 Å². The maximum atomic E-state index is 13.3. The normalized spacial score (nSPS) is 30.9. The van der Waals surface area contributed by atoms with Gasteiger partial charge in [0.15, 0.2) is 0 Å². The largest absolute Gasteiger partial charge is 0.398 e. The summed E-state index contributed by atoms with van der Waals surface area (Å²) >= 11 is 1.67. The van der Waals surface area contributed by atoms with Crippen LogP contribution in [0.1, 0.15) is 19.3 Å². The third-order valence-electron chi connectivity index (χ3n) is 3.78. The molecular formula is C14H18FNO2S. The molecule has 5 heteroatoms. The number of thioether (sulfide) groups is 1. The van der Waals surface area contributed by atoms with Crippen LogP contribution in [0.2, 0.25) is 0 Å². The van der Waals surface area contributed by atoms with Crippen LogP contribution < -0.4 is 5.73 Å². The highest BCUT2D eigenvalue weighted by atomic mass is 32.2. The summed E-state index contributed by atoms with van der Waals surface area (Å²) in [5, 5.41) is 0.416. The Hall–Kier alpha value is -0.780. The molecule has 0 amide bonds. The van der Waals surface area contributed by atoms with Gasteiger partial charge in [0.25, 0.3) is 0 Å². The van der Waals surface area contributed by atoms with Gasteiger partial charge in [-0.25, -0.2) is 4.39 Å². The van der Waals surface area contributed by atoms with Gasteiger partial charge in [-0.1, -0.05) is 0 Å². The van der Waals surface area contributed by atoms with E-state index in [2.05, 4.69) is 0 Å². The number of hydrogen-bond acceptors (Lipinski definition) is 4. The van der Waals surface area contributed by atoms with Crippen molar-refractivity contribution in [3.63, 3.8) is 0 Å². The molecule has 1 aromatic rings. The Morgan fingerprint density at radius 2 is 2.26 bits per heavy atom. The predicted octanol–water partition coefficient (Wildman–Crippen LogP) is 2.84. The lowest BCUT2D eigenvalue weighted by molar-refractivity contribution is -0.0769. The summed E-state index contributed by atoms with van der Waals surface area (Å²) in [6.07, 6.45) is 2.89. The van der Waals surface area contributed by atoms with Crippen LogP contribution in [-0.2, 0) is 9.47 Å². The molecule has 104 valence electrons. The zero-order valence-electron chi connectivity index (χ0n) is 10.7. The van der Waals surface area contributed by atoms with Crippen LogP contribution in [0.15, 0.2) is 23.1 Å². The maximum Gasteiger partial charge on any atom is 0.124 e. The van der Waals surface area contributed by atoms with E-state index < -0.39 is 0 Å². The molecule has 2 heterocycles. The molecule has 3 nitrogen and oxygen atoms in total. The van der Waals surface area contributed by atoms with Crippen molar-refractivity contribution < 1.29 is 13.9 Å². The summed E-state index contributed by atoms with van der Waals surface area (Å²) in [7, 11) is 0. The molecule has 0 saturated carbocycles. The second-order valence-electron chi connectivity index (χ2n) is 5.25. The van der Waals surface area contributed by atoms with E-state index in [1.807, 2.05) is 0 Å². The minimum absolute atomic E-state index is 0.113. The smallest absolute Gasteiger partial charge is 0.124 e. The van der Waals surface area contributed by atoms with Crippen molar-refractivity contribution in [1.29, 1.82) is 0 Å². The molecule has 0 aromatic heterocycles. The molecule has 3 rings (SSSR count). The first-order valence-corrected chi connectivity index (χ1v) is 7.48. The molecule has 1 spiro atoms. The van der Waals surface area contributed by atoms with Crippen molar-refractivity contribution in [3.8, 4) is 0 Å². The van der Waals surface area contributed by atoms with E-state index in [9.17, 15) is 4.39 Å². The lowest BCUT2D eigenvalue weighted by Crippen LogP contribution is -2.41. The number of hydrogen-bond donors (Lipinski definition) is 1. The van der Waals surface area contributed by atoms with E-state index in [1.54, 1.807) is 17.8 Å². The summed E-state index contributed by atoms with van der Waals surface area (Å²) < 4.78 is 24.6. The molecule has 0 aliphatic carbocycles. The minimum Gasteiger partial charge on any atom is -0.398 e. The Labute approximate surface area is 116 Å². The van der Waals surface area contributed by atoms with E-state index in [1.165, 1.54) is 12.1 Å². The summed E-state index contributed by atoms with van der Waals surface area (Å²) in [6.45, 7) is 2.21. The zero-order chi connectivity index (χ0) is 13.3. The highest BCUT2D eigenvalue weighted by Crippen LogP contribution is 2.41. The molecule has 2 fully saturated rings. The highest BCUT2D eigenvalue weighted by molar-refractivity contribution is 8.00. The maximum absolute atomic E-state index is 13.3. The third kappa shape index (κ3) is 2.88. The number of rotatable bonds is 2. The summed E-state index contributed by atoms with van der Waals surface area (Å²) in [6, 6.07) is 4.55. The topological polar surface area (TPSA) is 44.5 Å². The van der Waals surface area contributed by atoms with E-state index in [0.29, 0.717) is 17.5 Å². The van der Waals surface area contributed by atoms with Crippen LogP contribution in [0.4, 0.5) is 10.1 Å². The van der Waals surface area contributed by atoms with Gasteiger partial charge in [0.2, 0.25) is 0 Å². The fraction of sp³-hybridized carbons (Fsp3) is 0.571. The van der Waals surface area contributed by atoms with E-state index in [4.69, 9.17) is 15.2 Å². The van der Waals surface area contributed by atoms with Crippen LogP contribution in [-0.4, -0.2) is 30.7 Å². The molecule has 0 radical (unpaired) electrons. The first-order valence-electron chi connectivity index (χ1n) is 6.60. The van der Waals surface area contributed by atoms with Crippen LogP contribution in [0, 0.1) is 5.82 Å². The number of nitrogen functional groups attached to an aromatic ring is 1. The molecule has 0 bridgehead atoms. The second kappa shape index (κ2) is 5.31. The standard InChI is InChI=1S/C14H18FNO2S/c15-10-1-2-12(16)13(7-10)19-11-3-5-18-14(8-11)4-6-17-9-14/h1-2,7,11H,3-6,8-9,16H2. The Bertz CT molecular complexity index is 463. The predicted molar refractivity (Wildman–Crippen MR) is 73.8 cm³/mol. The van der Waals surface area contributed by atoms with Crippen LogP contribution in [0.25, 0.3) is 0 Å². The second-order valence-corrected chi connectivity index (χ2v) is 6.59. The van der Waals surface area contributed by atoms with E-state index in [-0.39, 0.29) is 11.4 Å². The fourth-order valence-electron chi connectivity index (χ4n) is 2.74. The van der Waals surface area contributed by atoms with Gasteiger partial charge in [0.05, 0.1) is 12.2 Å². The molecule has 2 unspecified atom stereocenters. The van der Waals surface area contributed by atoms with Crippen LogP contribution in [0.3, 0.4) is 0 Å².